The molecule has 2 nitrogen and oxygen atoms in total. The first kappa shape index (κ1) is 15.8. The van der Waals surface area contributed by atoms with Crippen LogP contribution in [0.15, 0.2) is 30.8 Å². The van der Waals surface area contributed by atoms with Crippen molar-refractivity contribution < 1.29 is 13.2 Å². The van der Waals surface area contributed by atoms with Crippen molar-refractivity contribution in [2.24, 2.45) is 5.92 Å². The van der Waals surface area contributed by atoms with E-state index in [-0.39, 0.29) is 25.3 Å². The lowest BCUT2D eigenvalue weighted by Gasteiger charge is -2.38. The second kappa shape index (κ2) is 5.55. The predicted octanol–water partition coefficient (Wildman–Crippen LogP) is 4.89. The van der Waals surface area contributed by atoms with Gasteiger partial charge in [-0.05, 0) is 30.7 Å². The maximum atomic E-state index is 13.7. The van der Waals surface area contributed by atoms with Gasteiger partial charge in [0.2, 0.25) is 0 Å². The van der Waals surface area contributed by atoms with Gasteiger partial charge < -0.3 is 4.90 Å². The summed E-state index contributed by atoms with van der Waals surface area (Å²) in [5.74, 6) is -3.15. The third-order valence-electron chi connectivity index (χ3n) is 4.45. The zero-order valence-corrected chi connectivity index (χ0v) is 13.2. The molecule has 1 saturated heterocycles. The van der Waals surface area contributed by atoms with Gasteiger partial charge in [0.1, 0.15) is 11.6 Å². The number of hydrogen-bond donors (Lipinski definition) is 0. The highest BCUT2D eigenvalue weighted by Gasteiger charge is 2.41. The normalized spacial score (nSPS) is 20.7. The van der Waals surface area contributed by atoms with Gasteiger partial charge in [-0.1, -0.05) is 13.5 Å². The molecule has 0 saturated carbocycles. The van der Waals surface area contributed by atoms with Crippen molar-refractivity contribution in [2.45, 2.75) is 26.2 Å². The highest BCUT2D eigenvalue weighted by Crippen LogP contribution is 2.37. The van der Waals surface area contributed by atoms with E-state index < -0.39 is 11.8 Å². The van der Waals surface area contributed by atoms with Crippen LogP contribution in [0.4, 0.5) is 19.0 Å². The molecule has 1 unspecified atom stereocenters. The van der Waals surface area contributed by atoms with Crippen LogP contribution in [0.25, 0.3) is 16.5 Å². The SMILES string of the molecule is C=C(C)c1cc2ccc(F)cc2nc1N1CCC(F)(F)C(C)C1. The standard InChI is InChI=1S/C18H19F3N2/c1-11(2)15-8-13-4-5-14(19)9-16(13)22-17(15)23-7-6-18(20,21)12(3)10-23/h4-5,8-9,12H,1,6-7,10H2,2-3H3. The van der Waals surface area contributed by atoms with Crippen LogP contribution >= 0.6 is 0 Å². The molecule has 0 radical (unpaired) electrons. The van der Waals surface area contributed by atoms with Crippen LogP contribution in [-0.2, 0) is 0 Å². The Morgan fingerprint density at radius 1 is 1.35 bits per heavy atom. The molecule has 5 heteroatoms. The van der Waals surface area contributed by atoms with Crippen molar-refractivity contribution in [1.82, 2.24) is 4.98 Å². The van der Waals surface area contributed by atoms with E-state index in [2.05, 4.69) is 11.6 Å². The Hall–Kier alpha value is -2.04. The van der Waals surface area contributed by atoms with Gasteiger partial charge in [0, 0.05) is 42.4 Å². The fourth-order valence-corrected chi connectivity index (χ4v) is 2.96. The molecule has 2 heterocycles. The van der Waals surface area contributed by atoms with Crippen molar-refractivity contribution in [3.63, 3.8) is 0 Å². The molecule has 1 aliphatic heterocycles. The minimum Gasteiger partial charge on any atom is -0.355 e. The van der Waals surface area contributed by atoms with Crippen LogP contribution in [0.1, 0.15) is 25.8 Å². The highest BCUT2D eigenvalue weighted by molar-refractivity contribution is 5.87. The molecule has 1 aliphatic rings. The molecule has 0 N–H and O–H groups in total. The third kappa shape index (κ3) is 2.92. The number of rotatable bonds is 2. The fraction of sp³-hybridized carbons (Fsp3) is 0.389. The summed E-state index contributed by atoms with van der Waals surface area (Å²) in [5.41, 5.74) is 2.15. The molecular weight excluding hydrogens is 301 g/mol. The van der Waals surface area contributed by atoms with Crippen molar-refractivity contribution in [3.05, 3.63) is 42.2 Å². The van der Waals surface area contributed by atoms with E-state index in [0.717, 1.165) is 16.5 Å². The van der Waals surface area contributed by atoms with E-state index >= 15 is 0 Å². The first-order valence-electron chi connectivity index (χ1n) is 7.67. The smallest absolute Gasteiger partial charge is 0.254 e. The third-order valence-corrected chi connectivity index (χ3v) is 4.45. The molecule has 1 fully saturated rings. The van der Waals surface area contributed by atoms with Gasteiger partial charge in [0.15, 0.2) is 0 Å². The average molecular weight is 320 g/mol. The number of hydrogen-bond acceptors (Lipinski definition) is 2. The molecule has 1 aromatic heterocycles. The molecule has 122 valence electrons. The number of nitrogens with zero attached hydrogens (tertiary/aromatic N) is 2. The summed E-state index contributed by atoms with van der Waals surface area (Å²) in [6, 6.07) is 6.32. The number of benzene rings is 1. The molecule has 0 spiro atoms. The Labute approximate surface area is 133 Å². The van der Waals surface area contributed by atoms with Gasteiger partial charge in [-0.25, -0.2) is 18.2 Å². The zero-order chi connectivity index (χ0) is 16.8. The van der Waals surface area contributed by atoms with Crippen molar-refractivity contribution in [3.8, 4) is 0 Å². The Balaban J connectivity index is 2.08. The van der Waals surface area contributed by atoms with Crippen LogP contribution in [0.5, 0.6) is 0 Å². The number of halogens is 3. The molecule has 2 aromatic rings. The molecule has 23 heavy (non-hydrogen) atoms. The summed E-state index contributed by atoms with van der Waals surface area (Å²) in [6.45, 7) is 7.82. The minimum absolute atomic E-state index is 0.202. The lowest BCUT2D eigenvalue weighted by atomic mass is 9.94. The molecule has 1 atom stereocenters. The summed E-state index contributed by atoms with van der Waals surface area (Å²) in [7, 11) is 0. The van der Waals surface area contributed by atoms with Gasteiger partial charge >= 0.3 is 0 Å². The lowest BCUT2D eigenvalue weighted by Crippen LogP contribution is -2.46. The van der Waals surface area contributed by atoms with Gasteiger partial charge in [-0.2, -0.15) is 0 Å². The quantitative estimate of drug-likeness (QED) is 0.783. The number of pyridine rings is 1. The maximum absolute atomic E-state index is 13.7. The van der Waals surface area contributed by atoms with Crippen LogP contribution < -0.4 is 4.90 Å². The summed E-state index contributed by atoms with van der Waals surface area (Å²) in [6.07, 6.45) is -0.202. The number of allylic oxidation sites excluding steroid dienone is 1. The average Bonchev–Trinajstić information content (AvgIpc) is 2.48. The van der Waals surface area contributed by atoms with E-state index in [1.165, 1.54) is 12.1 Å². The predicted molar refractivity (Wildman–Crippen MR) is 87.4 cm³/mol. The summed E-state index contributed by atoms with van der Waals surface area (Å²) in [5, 5.41) is 0.809. The molecule has 0 amide bonds. The van der Waals surface area contributed by atoms with E-state index in [4.69, 9.17) is 0 Å². The zero-order valence-electron chi connectivity index (χ0n) is 13.2. The van der Waals surface area contributed by atoms with Gasteiger partial charge in [-0.15, -0.1) is 0 Å². The second-order valence-corrected chi connectivity index (χ2v) is 6.33. The first-order valence-corrected chi connectivity index (χ1v) is 7.67. The minimum atomic E-state index is -2.65. The Bertz CT molecular complexity index is 770. The number of alkyl halides is 2. The molecule has 1 aromatic carbocycles. The Kier molecular flexibility index (Phi) is 3.82. The highest BCUT2D eigenvalue weighted by atomic mass is 19.3. The summed E-state index contributed by atoms with van der Waals surface area (Å²) < 4.78 is 40.9. The van der Waals surface area contributed by atoms with Crippen LogP contribution in [0.2, 0.25) is 0 Å². The summed E-state index contributed by atoms with van der Waals surface area (Å²) in [4.78, 5) is 6.40. The lowest BCUT2D eigenvalue weighted by molar-refractivity contribution is -0.0652. The van der Waals surface area contributed by atoms with Crippen LogP contribution in [0, 0.1) is 11.7 Å². The second-order valence-electron chi connectivity index (χ2n) is 6.33. The molecule has 3 rings (SSSR count). The number of fused-ring (bicyclic) bond motifs is 1. The maximum Gasteiger partial charge on any atom is 0.254 e. The van der Waals surface area contributed by atoms with Crippen molar-refractivity contribution in [2.75, 3.05) is 18.0 Å². The summed E-state index contributed by atoms with van der Waals surface area (Å²) >= 11 is 0. The Morgan fingerprint density at radius 3 is 2.74 bits per heavy atom. The molecule has 0 aliphatic carbocycles. The van der Waals surface area contributed by atoms with E-state index in [1.54, 1.807) is 13.0 Å². The number of anilines is 1. The monoisotopic (exact) mass is 320 g/mol. The van der Waals surface area contributed by atoms with Crippen molar-refractivity contribution >= 4 is 22.3 Å². The molecule has 0 bridgehead atoms. The van der Waals surface area contributed by atoms with Gasteiger partial charge in [0.05, 0.1) is 5.52 Å². The van der Waals surface area contributed by atoms with Gasteiger partial charge in [-0.3, -0.25) is 0 Å². The van der Waals surface area contributed by atoms with E-state index in [1.807, 2.05) is 17.9 Å². The number of aromatic nitrogens is 1. The number of piperidine rings is 1. The fourth-order valence-electron chi connectivity index (χ4n) is 2.96. The molecular formula is C18H19F3N2. The van der Waals surface area contributed by atoms with Crippen LogP contribution in [-0.4, -0.2) is 24.0 Å². The Morgan fingerprint density at radius 2 is 2.09 bits per heavy atom. The topological polar surface area (TPSA) is 16.1 Å². The van der Waals surface area contributed by atoms with Crippen LogP contribution in [0.3, 0.4) is 0 Å². The van der Waals surface area contributed by atoms with Gasteiger partial charge in [0.25, 0.3) is 5.92 Å². The largest absolute Gasteiger partial charge is 0.355 e. The van der Waals surface area contributed by atoms with Crippen molar-refractivity contribution in [1.29, 1.82) is 0 Å². The first-order chi connectivity index (χ1) is 10.8. The van der Waals surface area contributed by atoms with E-state index in [0.29, 0.717) is 11.3 Å². The van der Waals surface area contributed by atoms with E-state index in [9.17, 15) is 13.2 Å².